The van der Waals surface area contributed by atoms with E-state index in [0.717, 1.165) is 16.3 Å². The minimum atomic E-state index is -0.415. The van der Waals surface area contributed by atoms with E-state index < -0.39 is 11.6 Å². The highest BCUT2D eigenvalue weighted by Gasteiger charge is 2.29. The van der Waals surface area contributed by atoms with E-state index in [9.17, 15) is 0 Å². The van der Waals surface area contributed by atoms with E-state index in [1.807, 2.05) is 64.7 Å². The van der Waals surface area contributed by atoms with Gasteiger partial charge in [0.25, 0.3) is 5.95 Å². The number of hydrazine groups is 1. The van der Waals surface area contributed by atoms with E-state index in [0.29, 0.717) is 128 Å². The Morgan fingerprint density at radius 2 is 1.28 bits per heavy atom. The molecule has 0 spiro atoms. The lowest BCUT2D eigenvalue weighted by Gasteiger charge is -2.37. The normalized spacial score (nSPS) is 14.6. The van der Waals surface area contributed by atoms with Gasteiger partial charge in [-0.3, -0.25) is 15.0 Å². The zero-order valence-electron chi connectivity index (χ0n) is 32.5. The van der Waals surface area contributed by atoms with Gasteiger partial charge >= 0.3 is 0 Å². The molecule has 0 atom stereocenters. The van der Waals surface area contributed by atoms with Crippen LogP contribution in [0.2, 0.25) is 0 Å². The van der Waals surface area contributed by atoms with E-state index >= 15 is 8.78 Å². The summed E-state index contributed by atoms with van der Waals surface area (Å²) >= 11 is 0. The van der Waals surface area contributed by atoms with Crippen molar-refractivity contribution in [2.75, 3.05) is 79.0 Å². The Morgan fingerprint density at radius 1 is 0.650 bits per heavy atom. The third-order valence-corrected chi connectivity index (χ3v) is 10.8. The minimum absolute atomic E-state index is 0.299. The molecular weight excluding hydrogens is 767 g/mol. The third-order valence-electron chi connectivity index (χ3n) is 10.8. The topological polar surface area (TPSA) is 140 Å². The van der Waals surface area contributed by atoms with E-state index in [1.165, 1.54) is 24.3 Å². The van der Waals surface area contributed by atoms with Gasteiger partial charge in [0.1, 0.15) is 23.3 Å². The van der Waals surface area contributed by atoms with Crippen molar-refractivity contribution in [1.29, 1.82) is 0 Å². The molecule has 0 amide bonds. The summed E-state index contributed by atoms with van der Waals surface area (Å²) < 4.78 is 42.1. The second-order valence-corrected chi connectivity index (χ2v) is 14.6. The van der Waals surface area contributed by atoms with Crippen LogP contribution >= 0.6 is 0 Å². The molecule has 8 aromatic rings. The fourth-order valence-corrected chi connectivity index (χ4v) is 7.84. The van der Waals surface area contributed by atoms with Gasteiger partial charge in [-0.05, 0) is 66.6 Å². The molecule has 302 valence electrons. The van der Waals surface area contributed by atoms with Crippen LogP contribution in [0, 0.1) is 11.6 Å². The Kier molecular flexibility index (Phi) is 10.1. The Hall–Kier alpha value is -7.04. The number of hydrogen-bond acceptors (Lipinski definition) is 12. The van der Waals surface area contributed by atoms with E-state index in [-0.39, 0.29) is 0 Å². The summed E-state index contributed by atoms with van der Waals surface area (Å²) in [5.41, 5.74) is 4.60. The Bertz CT molecular complexity index is 2760. The van der Waals surface area contributed by atoms with Crippen LogP contribution in [-0.2, 0) is 15.9 Å². The molecule has 0 unspecified atom stereocenters. The second-order valence-electron chi connectivity index (χ2n) is 14.6. The number of hydrogen-bond donors (Lipinski definition) is 2. The molecular formula is C44H40F2N12O2. The molecule has 0 aliphatic carbocycles. The van der Waals surface area contributed by atoms with Crippen molar-refractivity contribution < 1.29 is 18.3 Å². The molecule has 0 radical (unpaired) electrons. The van der Waals surface area contributed by atoms with Gasteiger partial charge in [-0.25, -0.2) is 28.7 Å². The lowest BCUT2D eigenvalue weighted by molar-refractivity contribution is 0.122. The number of pyridine rings is 2. The van der Waals surface area contributed by atoms with Crippen LogP contribution in [0.15, 0.2) is 110 Å². The predicted octanol–water partition coefficient (Wildman–Crippen LogP) is 7.11. The summed E-state index contributed by atoms with van der Waals surface area (Å²) in [5, 5.41) is 5.51. The van der Waals surface area contributed by atoms with Crippen molar-refractivity contribution in [2.45, 2.75) is 6.42 Å². The third kappa shape index (κ3) is 7.53. The van der Waals surface area contributed by atoms with Crippen LogP contribution in [0.25, 0.3) is 44.5 Å². The molecule has 2 aliphatic heterocycles. The maximum Gasteiger partial charge on any atom is 0.252 e. The number of anilines is 5. The zero-order chi connectivity index (χ0) is 40.4. The number of fused-ring (bicyclic) bond motifs is 2. The van der Waals surface area contributed by atoms with Gasteiger partial charge in [0, 0.05) is 109 Å². The number of nitrogens with zero attached hydrogens (tertiary/aromatic N) is 10. The molecule has 16 heteroatoms. The van der Waals surface area contributed by atoms with E-state index in [1.54, 1.807) is 31.0 Å². The second kappa shape index (κ2) is 16.3. The lowest BCUT2D eigenvalue weighted by atomic mass is 10.1. The average molecular weight is 807 g/mol. The van der Waals surface area contributed by atoms with Crippen molar-refractivity contribution in [3.8, 4) is 22.6 Å². The monoisotopic (exact) mass is 806 g/mol. The minimum Gasteiger partial charge on any atom is -0.378 e. The molecule has 2 fully saturated rings. The van der Waals surface area contributed by atoms with Crippen LogP contribution in [0.5, 0.6) is 0 Å². The molecule has 8 heterocycles. The van der Waals surface area contributed by atoms with E-state index in [2.05, 4.69) is 29.7 Å². The average Bonchev–Trinajstić information content (AvgIpc) is 3.98. The summed E-state index contributed by atoms with van der Waals surface area (Å²) in [6.07, 6.45) is 11.2. The van der Waals surface area contributed by atoms with Gasteiger partial charge in [0.2, 0.25) is 0 Å². The molecule has 0 bridgehead atoms. The largest absolute Gasteiger partial charge is 0.378 e. The molecule has 10 rings (SSSR count). The van der Waals surface area contributed by atoms with Gasteiger partial charge in [-0.1, -0.05) is 6.07 Å². The number of nitrogens with one attached hydrogen (secondary N) is 2. The van der Waals surface area contributed by atoms with Crippen molar-refractivity contribution in [3.05, 3.63) is 127 Å². The Balaban J connectivity index is 1.21. The summed E-state index contributed by atoms with van der Waals surface area (Å²) in [5.74, 6) is 1.64. The summed E-state index contributed by atoms with van der Waals surface area (Å²) in [7, 11) is 0. The summed E-state index contributed by atoms with van der Waals surface area (Å²) in [6, 6.07) is 21.3. The van der Waals surface area contributed by atoms with Gasteiger partial charge in [-0.2, -0.15) is 4.98 Å². The van der Waals surface area contributed by atoms with Gasteiger partial charge in [-0.15, -0.1) is 0 Å². The number of morpholine rings is 2. The fourth-order valence-electron chi connectivity index (χ4n) is 7.84. The van der Waals surface area contributed by atoms with Gasteiger partial charge < -0.3 is 29.2 Å². The summed E-state index contributed by atoms with van der Waals surface area (Å²) in [4.78, 5) is 40.4. The number of aromatic amines is 2. The predicted molar refractivity (Wildman–Crippen MR) is 226 cm³/mol. The summed E-state index contributed by atoms with van der Waals surface area (Å²) in [6.45, 7) is 4.92. The first-order valence-electron chi connectivity index (χ1n) is 19.9. The van der Waals surface area contributed by atoms with Crippen LogP contribution in [0.3, 0.4) is 0 Å². The van der Waals surface area contributed by atoms with Crippen molar-refractivity contribution in [2.24, 2.45) is 0 Å². The molecule has 14 nitrogen and oxygen atoms in total. The van der Waals surface area contributed by atoms with Crippen LogP contribution in [0.4, 0.5) is 37.9 Å². The van der Waals surface area contributed by atoms with Crippen molar-refractivity contribution in [1.82, 2.24) is 39.9 Å². The number of rotatable bonds is 11. The van der Waals surface area contributed by atoms with Crippen LogP contribution in [-0.4, -0.2) is 99.0 Å². The maximum atomic E-state index is 15.3. The number of aromatic nitrogens is 8. The van der Waals surface area contributed by atoms with Gasteiger partial charge in [0.15, 0.2) is 11.6 Å². The molecule has 6 aromatic heterocycles. The Morgan fingerprint density at radius 3 is 1.93 bits per heavy atom. The highest BCUT2D eigenvalue weighted by Crippen LogP contribution is 2.37. The molecule has 2 aliphatic rings. The molecule has 2 N–H and O–H groups in total. The SMILES string of the molecule is Fc1cc(-c2cc(N3CCOCC3)nc(N(c3cccnc3)N(CCc3cccnc3)c3cc(N4CCOCC4)nc(-c4cc(F)cc5[nH]ccc45)n3)n2)c2cc[nH]c2c1. The fraction of sp³-hybridized carbons (Fsp3) is 0.227. The maximum absolute atomic E-state index is 15.3. The van der Waals surface area contributed by atoms with Crippen molar-refractivity contribution in [3.63, 3.8) is 0 Å². The Labute approximate surface area is 343 Å². The molecule has 2 saturated heterocycles. The van der Waals surface area contributed by atoms with Crippen LogP contribution < -0.4 is 19.8 Å². The number of benzene rings is 2. The van der Waals surface area contributed by atoms with Crippen molar-refractivity contribution >= 4 is 50.9 Å². The quantitative estimate of drug-likeness (QED) is 0.129. The first-order chi connectivity index (χ1) is 29.5. The number of ether oxygens (including phenoxy) is 2. The number of halogens is 2. The first-order valence-corrected chi connectivity index (χ1v) is 19.9. The lowest BCUT2D eigenvalue weighted by Crippen LogP contribution is -2.44. The molecule has 2 aromatic carbocycles. The van der Waals surface area contributed by atoms with Crippen LogP contribution in [0.1, 0.15) is 5.56 Å². The molecule has 60 heavy (non-hydrogen) atoms. The standard InChI is InChI=1S/C44H40F2N12O2/c45-30-21-35(33-5-10-49-37(33)23-30)39-25-40(55-13-17-59-18-14-55)54-44(51-39)58(32-4-2-9-48-28-32)57(12-7-29-3-1-8-47-27-29)42-26-41(56-15-19-60-20-16-56)52-43(53-42)36-22-31(46)24-38-34(36)6-11-50-38/h1-6,8-11,21-28,49-50H,7,12-20H2. The smallest absolute Gasteiger partial charge is 0.252 e. The highest BCUT2D eigenvalue weighted by molar-refractivity contribution is 5.95. The zero-order valence-corrected chi connectivity index (χ0v) is 32.5. The van der Waals surface area contributed by atoms with E-state index in [4.69, 9.17) is 29.4 Å². The van der Waals surface area contributed by atoms with Gasteiger partial charge in [0.05, 0.1) is 44.0 Å². The highest BCUT2D eigenvalue weighted by atomic mass is 19.1. The number of H-pyrrole nitrogens is 2. The molecule has 0 saturated carbocycles. The first kappa shape index (κ1) is 37.2.